The zero-order chi connectivity index (χ0) is 11.1. The molecule has 1 aromatic carbocycles. The molecule has 2 aliphatic rings. The summed E-state index contributed by atoms with van der Waals surface area (Å²) < 4.78 is 19.5. The number of benzene rings is 1. The smallest absolute Gasteiger partial charge is 0.126 e. The third kappa shape index (κ3) is 1.51. The van der Waals surface area contributed by atoms with E-state index >= 15 is 0 Å². The fraction of sp³-hybridized carbons (Fsp3) is 0.571. The first-order valence-electron chi connectivity index (χ1n) is 6.22. The Labute approximate surface area is 95.6 Å². The Hall–Kier alpha value is -1.05. The van der Waals surface area contributed by atoms with Crippen LogP contribution >= 0.6 is 0 Å². The van der Waals surface area contributed by atoms with Crippen molar-refractivity contribution in [3.63, 3.8) is 0 Å². The molecular formula is C14H17FO. The van der Waals surface area contributed by atoms with Crippen LogP contribution in [0.15, 0.2) is 12.1 Å². The predicted molar refractivity (Wildman–Crippen MR) is 61.2 cm³/mol. The van der Waals surface area contributed by atoms with E-state index < -0.39 is 0 Å². The highest BCUT2D eigenvalue weighted by molar-refractivity contribution is 5.44. The molecule has 1 fully saturated rings. The third-order valence-electron chi connectivity index (χ3n) is 4.00. The van der Waals surface area contributed by atoms with Gasteiger partial charge in [-0.05, 0) is 55.7 Å². The van der Waals surface area contributed by atoms with Gasteiger partial charge in [0.25, 0.3) is 0 Å². The summed E-state index contributed by atoms with van der Waals surface area (Å²) in [4.78, 5) is 0. The van der Waals surface area contributed by atoms with Crippen LogP contribution in [0, 0.1) is 11.7 Å². The predicted octanol–water partition coefficient (Wildman–Crippen LogP) is 3.49. The fourth-order valence-electron chi connectivity index (χ4n) is 2.71. The van der Waals surface area contributed by atoms with E-state index in [1.54, 1.807) is 6.07 Å². The van der Waals surface area contributed by atoms with Crippen LogP contribution in [-0.4, -0.2) is 6.10 Å². The van der Waals surface area contributed by atoms with Crippen molar-refractivity contribution in [1.29, 1.82) is 0 Å². The van der Waals surface area contributed by atoms with Crippen molar-refractivity contribution < 1.29 is 9.13 Å². The maximum Gasteiger partial charge on any atom is 0.126 e. The van der Waals surface area contributed by atoms with E-state index in [1.165, 1.54) is 6.42 Å². The highest BCUT2D eigenvalue weighted by Crippen LogP contribution is 2.37. The molecule has 0 saturated heterocycles. The minimum Gasteiger partial charge on any atom is -0.490 e. The summed E-state index contributed by atoms with van der Waals surface area (Å²) in [6, 6.07) is 3.37. The van der Waals surface area contributed by atoms with E-state index in [9.17, 15) is 4.39 Å². The van der Waals surface area contributed by atoms with Crippen LogP contribution < -0.4 is 4.74 Å². The number of rotatable bonds is 2. The van der Waals surface area contributed by atoms with Crippen LogP contribution in [0.3, 0.4) is 0 Å². The standard InChI is InChI=1S/C14H17FO/c1-9-5-7-13(9)16-14-8-6-12(15)10-3-2-4-11(10)14/h6,8-9,13H,2-5,7H2,1H3/t9-,13-/m1/s1. The van der Waals surface area contributed by atoms with Crippen molar-refractivity contribution in [3.8, 4) is 5.75 Å². The van der Waals surface area contributed by atoms with Crippen LogP contribution in [0.4, 0.5) is 4.39 Å². The second-order valence-corrected chi connectivity index (χ2v) is 5.07. The lowest BCUT2D eigenvalue weighted by atomic mass is 9.83. The largest absolute Gasteiger partial charge is 0.490 e. The van der Waals surface area contributed by atoms with Crippen LogP contribution in [0.5, 0.6) is 5.75 Å². The number of fused-ring (bicyclic) bond motifs is 1. The number of hydrogen-bond donors (Lipinski definition) is 0. The van der Waals surface area contributed by atoms with Crippen molar-refractivity contribution in [3.05, 3.63) is 29.1 Å². The average Bonchev–Trinajstić information content (AvgIpc) is 2.76. The summed E-state index contributed by atoms with van der Waals surface area (Å²) >= 11 is 0. The molecule has 2 atom stereocenters. The molecule has 1 aromatic rings. The minimum atomic E-state index is -0.0542. The van der Waals surface area contributed by atoms with Crippen molar-refractivity contribution in [2.24, 2.45) is 5.92 Å². The molecular weight excluding hydrogens is 203 g/mol. The van der Waals surface area contributed by atoms with Gasteiger partial charge in [-0.15, -0.1) is 0 Å². The molecule has 0 spiro atoms. The van der Waals surface area contributed by atoms with Gasteiger partial charge in [-0.1, -0.05) is 6.92 Å². The van der Waals surface area contributed by atoms with Crippen molar-refractivity contribution >= 4 is 0 Å². The average molecular weight is 220 g/mol. The first-order chi connectivity index (χ1) is 7.75. The molecule has 0 amide bonds. The van der Waals surface area contributed by atoms with Gasteiger partial charge in [-0.2, -0.15) is 0 Å². The molecule has 3 rings (SSSR count). The molecule has 0 heterocycles. The van der Waals surface area contributed by atoms with Gasteiger partial charge >= 0.3 is 0 Å². The van der Waals surface area contributed by atoms with Crippen molar-refractivity contribution in [2.45, 2.75) is 45.1 Å². The van der Waals surface area contributed by atoms with Gasteiger partial charge in [0.2, 0.25) is 0 Å². The Bertz CT molecular complexity index is 413. The first-order valence-corrected chi connectivity index (χ1v) is 6.22. The maximum absolute atomic E-state index is 13.5. The summed E-state index contributed by atoms with van der Waals surface area (Å²) in [5.74, 6) is 1.54. The summed E-state index contributed by atoms with van der Waals surface area (Å²) in [5.41, 5.74) is 2.02. The van der Waals surface area contributed by atoms with Gasteiger partial charge in [0.15, 0.2) is 0 Å². The van der Waals surface area contributed by atoms with Crippen LogP contribution in [0.25, 0.3) is 0 Å². The van der Waals surface area contributed by atoms with Gasteiger partial charge in [-0.25, -0.2) is 4.39 Å². The zero-order valence-corrected chi connectivity index (χ0v) is 9.63. The second kappa shape index (κ2) is 3.76. The lowest BCUT2D eigenvalue weighted by Gasteiger charge is -2.34. The Morgan fingerprint density at radius 3 is 2.69 bits per heavy atom. The molecule has 0 bridgehead atoms. The summed E-state index contributed by atoms with van der Waals surface area (Å²) in [6.07, 6.45) is 5.67. The van der Waals surface area contributed by atoms with E-state index in [0.717, 1.165) is 42.6 Å². The van der Waals surface area contributed by atoms with Crippen molar-refractivity contribution in [1.82, 2.24) is 0 Å². The van der Waals surface area contributed by atoms with Crippen LogP contribution in [-0.2, 0) is 12.8 Å². The Morgan fingerprint density at radius 1 is 1.19 bits per heavy atom. The third-order valence-corrected chi connectivity index (χ3v) is 4.00. The zero-order valence-electron chi connectivity index (χ0n) is 9.63. The first kappa shape index (κ1) is 10.1. The van der Waals surface area contributed by atoms with E-state index in [1.807, 2.05) is 6.07 Å². The molecule has 0 aromatic heterocycles. The molecule has 2 heteroatoms. The van der Waals surface area contributed by atoms with Gasteiger partial charge in [0, 0.05) is 5.56 Å². The maximum atomic E-state index is 13.5. The highest BCUT2D eigenvalue weighted by atomic mass is 19.1. The van der Waals surface area contributed by atoms with Crippen LogP contribution in [0.2, 0.25) is 0 Å². The molecule has 0 N–H and O–H groups in total. The monoisotopic (exact) mass is 220 g/mol. The molecule has 0 aliphatic heterocycles. The fourth-order valence-corrected chi connectivity index (χ4v) is 2.71. The van der Waals surface area contributed by atoms with Gasteiger partial charge in [-0.3, -0.25) is 0 Å². The second-order valence-electron chi connectivity index (χ2n) is 5.07. The van der Waals surface area contributed by atoms with Gasteiger partial charge in [0.1, 0.15) is 17.7 Å². The van der Waals surface area contributed by atoms with E-state index in [0.29, 0.717) is 12.0 Å². The Morgan fingerprint density at radius 2 is 2.00 bits per heavy atom. The molecule has 1 nitrogen and oxygen atoms in total. The Kier molecular flexibility index (Phi) is 2.38. The molecule has 0 unspecified atom stereocenters. The van der Waals surface area contributed by atoms with Gasteiger partial charge in [0.05, 0.1) is 0 Å². The molecule has 86 valence electrons. The number of ether oxygens (including phenoxy) is 1. The van der Waals surface area contributed by atoms with E-state index in [2.05, 4.69) is 6.92 Å². The summed E-state index contributed by atoms with van der Waals surface area (Å²) in [7, 11) is 0. The normalized spacial score (nSPS) is 27.4. The van der Waals surface area contributed by atoms with Crippen molar-refractivity contribution in [2.75, 3.05) is 0 Å². The SMILES string of the molecule is C[C@@H]1CC[C@H]1Oc1ccc(F)c2c1CCC2. The van der Waals surface area contributed by atoms with E-state index in [4.69, 9.17) is 4.74 Å². The highest BCUT2D eigenvalue weighted by Gasteiger charge is 2.30. The van der Waals surface area contributed by atoms with E-state index in [-0.39, 0.29) is 5.82 Å². The lowest BCUT2D eigenvalue weighted by molar-refractivity contribution is 0.0568. The quantitative estimate of drug-likeness (QED) is 0.741. The Balaban J connectivity index is 1.87. The summed E-state index contributed by atoms with van der Waals surface area (Å²) in [5, 5.41) is 0. The number of halogens is 1. The van der Waals surface area contributed by atoms with Crippen LogP contribution in [0.1, 0.15) is 37.3 Å². The van der Waals surface area contributed by atoms with Gasteiger partial charge < -0.3 is 4.74 Å². The molecule has 16 heavy (non-hydrogen) atoms. The molecule has 1 saturated carbocycles. The molecule has 0 radical (unpaired) electrons. The topological polar surface area (TPSA) is 9.23 Å². The lowest BCUT2D eigenvalue weighted by Crippen LogP contribution is -2.34. The summed E-state index contributed by atoms with van der Waals surface area (Å²) in [6.45, 7) is 2.22. The molecule has 2 aliphatic carbocycles. The number of hydrogen-bond acceptors (Lipinski definition) is 1. The minimum absolute atomic E-state index is 0.0542.